The second kappa shape index (κ2) is 3.38. The molecule has 0 spiro atoms. The topological polar surface area (TPSA) is 42.4 Å². The molecular weight excluding hydrogens is 216 g/mol. The molecule has 1 aliphatic rings. The molecule has 0 aromatic carbocycles. The van der Waals surface area contributed by atoms with Crippen molar-refractivity contribution in [3.05, 3.63) is 23.4 Å². The average molecular weight is 229 g/mol. The summed E-state index contributed by atoms with van der Waals surface area (Å²) in [5.41, 5.74) is -0.262. The van der Waals surface area contributed by atoms with Crippen LogP contribution in [-0.4, -0.2) is 23.1 Å². The zero-order valence-electron chi connectivity index (χ0n) is 9.13. The number of ether oxygens (including phenoxy) is 1. The van der Waals surface area contributed by atoms with Gasteiger partial charge in [-0.1, -0.05) is 0 Å². The Kier molecular flexibility index (Phi) is 2.38. The summed E-state index contributed by atoms with van der Waals surface area (Å²) in [6, 6.07) is 1.53. The van der Waals surface area contributed by atoms with E-state index in [1.807, 2.05) is 0 Å². The summed E-state index contributed by atoms with van der Waals surface area (Å²) in [5, 5.41) is 9.08. The molecule has 3 nitrogen and oxygen atoms in total. The van der Waals surface area contributed by atoms with Crippen LogP contribution in [0.1, 0.15) is 24.5 Å². The molecule has 1 aromatic rings. The van der Waals surface area contributed by atoms with E-state index in [2.05, 4.69) is 4.98 Å². The minimum atomic E-state index is -2.67. The third-order valence-electron chi connectivity index (χ3n) is 3.18. The highest BCUT2D eigenvalue weighted by Crippen LogP contribution is 2.61. The van der Waals surface area contributed by atoms with E-state index < -0.39 is 11.3 Å². The first-order chi connectivity index (χ1) is 7.44. The van der Waals surface area contributed by atoms with Gasteiger partial charge in [-0.15, -0.1) is 0 Å². The first-order valence-corrected chi connectivity index (χ1v) is 4.97. The number of halogens is 2. The summed E-state index contributed by atoms with van der Waals surface area (Å²) in [5.74, 6) is -2.39. The van der Waals surface area contributed by atoms with Gasteiger partial charge in [0.15, 0.2) is 0 Å². The van der Waals surface area contributed by atoms with Crippen molar-refractivity contribution < 1.29 is 18.6 Å². The molecule has 1 aliphatic carbocycles. The standard InChI is InChI=1S/C11H13F2NO2/c1-10(6-11(10,12)13)8-3-7(5-15)9(16-2)14-4-8/h3-4,15H,5-6H2,1-2H3. The van der Waals surface area contributed by atoms with Crippen molar-refractivity contribution >= 4 is 0 Å². The number of alkyl halides is 2. The van der Waals surface area contributed by atoms with E-state index in [-0.39, 0.29) is 18.9 Å². The SMILES string of the molecule is COc1ncc(C2(C)CC2(F)F)cc1CO. The zero-order chi connectivity index (χ0) is 12.0. The lowest BCUT2D eigenvalue weighted by Gasteiger charge is -2.13. The molecule has 1 atom stereocenters. The van der Waals surface area contributed by atoms with E-state index in [1.165, 1.54) is 26.3 Å². The van der Waals surface area contributed by atoms with Crippen LogP contribution >= 0.6 is 0 Å². The molecule has 0 amide bonds. The van der Waals surface area contributed by atoms with Crippen LogP contribution in [0.15, 0.2) is 12.3 Å². The van der Waals surface area contributed by atoms with E-state index in [9.17, 15) is 8.78 Å². The number of methoxy groups -OCH3 is 1. The number of aliphatic hydroxyl groups is 1. The van der Waals surface area contributed by atoms with Crippen LogP contribution in [0.2, 0.25) is 0 Å². The fraction of sp³-hybridized carbons (Fsp3) is 0.545. The third-order valence-corrected chi connectivity index (χ3v) is 3.18. The fourth-order valence-electron chi connectivity index (χ4n) is 1.81. The first kappa shape index (κ1) is 11.3. The summed E-state index contributed by atoms with van der Waals surface area (Å²) < 4.78 is 31.2. The molecule has 1 aromatic heterocycles. The number of rotatable bonds is 3. The van der Waals surface area contributed by atoms with Gasteiger partial charge in [0.2, 0.25) is 5.88 Å². The summed E-state index contributed by atoms with van der Waals surface area (Å²) >= 11 is 0. The van der Waals surface area contributed by atoms with Gasteiger partial charge in [-0.2, -0.15) is 0 Å². The number of pyridine rings is 1. The van der Waals surface area contributed by atoms with Gasteiger partial charge in [0.25, 0.3) is 5.92 Å². The van der Waals surface area contributed by atoms with Crippen LogP contribution in [0, 0.1) is 0 Å². The van der Waals surface area contributed by atoms with Crippen LogP contribution in [0.4, 0.5) is 8.78 Å². The summed E-state index contributed by atoms with van der Waals surface area (Å²) in [7, 11) is 1.43. The van der Waals surface area contributed by atoms with Crippen molar-refractivity contribution in [1.29, 1.82) is 0 Å². The van der Waals surface area contributed by atoms with E-state index in [0.717, 1.165) is 0 Å². The van der Waals surface area contributed by atoms with E-state index in [0.29, 0.717) is 11.1 Å². The molecule has 16 heavy (non-hydrogen) atoms. The van der Waals surface area contributed by atoms with Crippen LogP contribution in [0.3, 0.4) is 0 Å². The van der Waals surface area contributed by atoms with Crippen LogP contribution in [-0.2, 0) is 12.0 Å². The third kappa shape index (κ3) is 1.46. The zero-order valence-corrected chi connectivity index (χ0v) is 9.13. The Balaban J connectivity index is 2.38. The number of nitrogens with zero attached hydrogens (tertiary/aromatic N) is 1. The lowest BCUT2D eigenvalue weighted by molar-refractivity contribution is 0.0918. The summed E-state index contributed by atoms with van der Waals surface area (Å²) in [4.78, 5) is 3.92. The maximum absolute atomic E-state index is 13.2. The molecule has 0 radical (unpaired) electrons. The van der Waals surface area contributed by atoms with Crippen molar-refractivity contribution in [2.75, 3.05) is 7.11 Å². The monoisotopic (exact) mass is 229 g/mol. The molecule has 1 fully saturated rings. The van der Waals surface area contributed by atoms with Crippen molar-refractivity contribution in [1.82, 2.24) is 4.98 Å². The lowest BCUT2D eigenvalue weighted by atomic mass is 9.98. The van der Waals surface area contributed by atoms with Crippen molar-refractivity contribution in [2.24, 2.45) is 0 Å². The van der Waals surface area contributed by atoms with Gasteiger partial charge in [-0.25, -0.2) is 13.8 Å². The predicted octanol–water partition coefficient (Wildman–Crippen LogP) is 1.88. The van der Waals surface area contributed by atoms with Gasteiger partial charge in [-0.3, -0.25) is 0 Å². The fourth-order valence-corrected chi connectivity index (χ4v) is 1.81. The summed E-state index contributed by atoms with van der Waals surface area (Å²) in [6.45, 7) is 1.23. The number of hydrogen-bond donors (Lipinski definition) is 1. The molecule has 1 saturated carbocycles. The van der Waals surface area contributed by atoms with Gasteiger partial charge in [0.1, 0.15) is 0 Å². The van der Waals surface area contributed by atoms with Crippen LogP contribution < -0.4 is 4.74 Å². The maximum atomic E-state index is 13.2. The molecule has 0 saturated heterocycles. The quantitative estimate of drug-likeness (QED) is 0.860. The maximum Gasteiger partial charge on any atom is 0.258 e. The van der Waals surface area contributed by atoms with E-state index >= 15 is 0 Å². The second-order valence-electron chi connectivity index (χ2n) is 4.26. The van der Waals surface area contributed by atoms with Gasteiger partial charge in [0.05, 0.1) is 19.1 Å². The van der Waals surface area contributed by atoms with Gasteiger partial charge in [0, 0.05) is 18.2 Å². The molecule has 0 aliphatic heterocycles. The van der Waals surface area contributed by atoms with Crippen molar-refractivity contribution in [3.8, 4) is 5.88 Å². The predicted molar refractivity (Wildman–Crippen MR) is 53.6 cm³/mol. The highest BCUT2D eigenvalue weighted by Gasteiger charge is 2.68. The molecule has 1 unspecified atom stereocenters. The number of hydrogen-bond acceptors (Lipinski definition) is 3. The molecule has 88 valence electrons. The highest BCUT2D eigenvalue weighted by atomic mass is 19.3. The molecule has 0 bridgehead atoms. The van der Waals surface area contributed by atoms with Crippen molar-refractivity contribution in [2.45, 2.75) is 31.3 Å². The minimum absolute atomic E-state index is 0.168. The molecule has 2 rings (SSSR count). The normalized spacial score (nSPS) is 26.6. The average Bonchev–Trinajstić information content (AvgIpc) is 2.78. The van der Waals surface area contributed by atoms with Gasteiger partial charge in [-0.05, 0) is 18.6 Å². The smallest absolute Gasteiger partial charge is 0.258 e. The summed E-state index contributed by atoms with van der Waals surface area (Å²) in [6.07, 6.45) is 1.22. The van der Waals surface area contributed by atoms with Crippen molar-refractivity contribution in [3.63, 3.8) is 0 Å². The molecular formula is C11H13F2NO2. The molecule has 1 heterocycles. The Bertz CT molecular complexity index is 422. The number of aromatic nitrogens is 1. The van der Waals surface area contributed by atoms with E-state index in [4.69, 9.17) is 9.84 Å². The van der Waals surface area contributed by atoms with E-state index in [1.54, 1.807) is 0 Å². The Morgan fingerprint density at radius 2 is 2.19 bits per heavy atom. The Labute approximate surface area is 92.1 Å². The van der Waals surface area contributed by atoms with Crippen LogP contribution in [0.25, 0.3) is 0 Å². The Hall–Kier alpha value is -1.23. The largest absolute Gasteiger partial charge is 0.481 e. The Morgan fingerprint density at radius 1 is 1.56 bits per heavy atom. The molecule has 1 N–H and O–H groups in total. The van der Waals surface area contributed by atoms with Crippen LogP contribution in [0.5, 0.6) is 5.88 Å². The lowest BCUT2D eigenvalue weighted by Crippen LogP contribution is -2.13. The number of aliphatic hydroxyl groups excluding tert-OH is 1. The van der Waals surface area contributed by atoms with Gasteiger partial charge < -0.3 is 9.84 Å². The first-order valence-electron chi connectivity index (χ1n) is 4.97. The highest BCUT2D eigenvalue weighted by molar-refractivity contribution is 5.40. The Morgan fingerprint density at radius 3 is 2.62 bits per heavy atom. The minimum Gasteiger partial charge on any atom is -0.481 e. The van der Waals surface area contributed by atoms with Gasteiger partial charge >= 0.3 is 0 Å². The molecule has 5 heteroatoms. The second-order valence-corrected chi connectivity index (χ2v) is 4.26.